The molecule has 0 saturated heterocycles. The van der Waals surface area contributed by atoms with Crippen molar-refractivity contribution >= 4 is 33.8 Å². The zero-order chi connectivity index (χ0) is 14.8. The lowest BCUT2D eigenvalue weighted by molar-refractivity contribution is 0.251. The lowest BCUT2D eigenvalue weighted by Crippen LogP contribution is -2.33. The Hall–Kier alpha value is -1.54. The van der Waals surface area contributed by atoms with Crippen LogP contribution in [0.25, 0.3) is 0 Å². The van der Waals surface area contributed by atoms with Crippen molar-refractivity contribution in [2.24, 2.45) is 0 Å². The van der Waals surface area contributed by atoms with Gasteiger partial charge < -0.3 is 5.32 Å². The van der Waals surface area contributed by atoms with Gasteiger partial charge in [-0.05, 0) is 33.1 Å². The summed E-state index contributed by atoms with van der Waals surface area (Å²) in [4.78, 5) is 17.9. The molecule has 0 saturated carbocycles. The molecule has 0 aromatic carbocycles. The van der Waals surface area contributed by atoms with Crippen molar-refractivity contribution in [2.45, 2.75) is 39.0 Å². The van der Waals surface area contributed by atoms with E-state index in [-0.39, 0.29) is 6.03 Å². The highest BCUT2D eigenvalue weighted by atomic mass is 32.1. The van der Waals surface area contributed by atoms with E-state index in [2.05, 4.69) is 25.8 Å². The molecular weight excluding hydrogens is 306 g/mol. The molecule has 2 amide bonds. The van der Waals surface area contributed by atoms with Gasteiger partial charge in [0.1, 0.15) is 5.01 Å². The molecule has 1 aliphatic rings. The molecule has 0 radical (unpaired) electrons. The molecule has 112 valence electrons. The second-order valence-corrected chi connectivity index (χ2v) is 7.56. The van der Waals surface area contributed by atoms with Crippen LogP contribution in [0.15, 0.2) is 0 Å². The lowest BCUT2D eigenvalue weighted by atomic mass is 9.91. The number of nitrogens with zero attached hydrogens (tertiary/aromatic N) is 3. The Balaban J connectivity index is 1.57. The van der Waals surface area contributed by atoms with E-state index in [0.717, 1.165) is 29.3 Å². The monoisotopic (exact) mass is 323 g/mol. The smallest absolute Gasteiger partial charge is 0.321 e. The van der Waals surface area contributed by atoms with Crippen molar-refractivity contribution in [1.29, 1.82) is 0 Å². The van der Waals surface area contributed by atoms with Crippen molar-refractivity contribution in [3.63, 3.8) is 0 Å². The highest BCUT2D eigenvalue weighted by molar-refractivity contribution is 7.15. The number of hydrogen-bond acceptors (Lipinski definition) is 6. The molecule has 6 nitrogen and oxygen atoms in total. The number of nitrogens with one attached hydrogen (secondary N) is 2. The Bertz CT molecular complexity index is 651. The number of fused-ring (bicyclic) bond motifs is 1. The predicted molar refractivity (Wildman–Crippen MR) is 84.2 cm³/mol. The number of thiazole rings is 1. The van der Waals surface area contributed by atoms with Crippen LogP contribution in [0.1, 0.15) is 39.3 Å². The third-order valence-electron chi connectivity index (χ3n) is 3.43. The number of carbonyl (C=O) groups excluding carboxylic acids is 1. The molecule has 21 heavy (non-hydrogen) atoms. The first-order chi connectivity index (χ1) is 10.1. The molecule has 0 unspecified atom stereocenters. The summed E-state index contributed by atoms with van der Waals surface area (Å²) < 4.78 is 0. The predicted octanol–water partition coefficient (Wildman–Crippen LogP) is 2.85. The highest BCUT2D eigenvalue weighted by Gasteiger charge is 2.24. The SMILES string of the molecule is Cc1nnc(NC(=O)NC[C@H]2CCCc3sc(C)nc32)s1. The van der Waals surface area contributed by atoms with E-state index in [1.807, 2.05) is 13.8 Å². The molecule has 2 aromatic heterocycles. The van der Waals surface area contributed by atoms with Gasteiger partial charge in [0.2, 0.25) is 5.13 Å². The van der Waals surface area contributed by atoms with E-state index < -0.39 is 0 Å². The Morgan fingerprint density at radius 2 is 2.14 bits per heavy atom. The van der Waals surface area contributed by atoms with Crippen molar-refractivity contribution in [1.82, 2.24) is 20.5 Å². The van der Waals surface area contributed by atoms with Crippen LogP contribution in [-0.4, -0.2) is 27.8 Å². The zero-order valence-electron chi connectivity index (χ0n) is 12.0. The second kappa shape index (κ2) is 6.07. The van der Waals surface area contributed by atoms with E-state index in [1.54, 1.807) is 11.3 Å². The fourth-order valence-corrected chi connectivity index (χ4v) is 4.18. The summed E-state index contributed by atoms with van der Waals surface area (Å²) in [5.74, 6) is 0.320. The van der Waals surface area contributed by atoms with Gasteiger partial charge in [0.15, 0.2) is 0 Å². The molecule has 2 heterocycles. The topological polar surface area (TPSA) is 79.8 Å². The van der Waals surface area contributed by atoms with Gasteiger partial charge >= 0.3 is 6.03 Å². The van der Waals surface area contributed by atoms with Gasteiger partial charge in [-0.15, -0.1) is 21.5 Å². The number of aromatic nitrogens is 3. The van der Waals surface area contributed by atoms with Crippen LogP contribution < -0.4 is 10.6 Å². The van der Waals surface area contributed by atoms with E-state index in [9.17, 15) is 4.79 Å². The Kier molecular flexibility index (Phi) is 4.16. The first-order valence-electron chi connectivity index (χ1n) is 6.93. The Morgan fingerprint density at radius 3 is 2.90 bits per heavy atom. The van der Waals surface area contributed by atoms with Gasteiger partial charge in [-0.3, -0.25) is 5.32 Å². The Labute approximate surface area is 131 Å². The third-order valence-corrected chi connectivity index (χ3v) is 5.23. The number of amides is 2. The summed E-state index contributed by atoms with van der Waals surface area (Å²) >= 11 is 3.14. The maximum Gasteiger partial charge on any atom is 0.321 e. The van der Waals surface area contributed by atoms with Crippen LogP contribution in [0, 0.1) is 13.8 Å². The number of carbonyl (C=O) groups is 1. The van der Waals surface area contributed by atoms with E-state index >= 15 is 0 Å². The number of rotatable bonds is 3. The molecule has 2 aromatic rings. The van der Waals surface area contributed by atoms with Crippen LogP contribution in [0.3, 0.4) is 0 Å². The minimum Gasteiger partial charge on any atom is -0.337 e. The highest BCUT2D eigenvalue weighted by Crippen LogP contribution is 2.34. The average molecular weight is 323 g/mol. The fraction of sp³-hybridized carbons (Fsp3) is 0.538. The van der Waals surface area contributed by atoms with Crippen LogP contribution in [0.5, 0.6) is 0 Å². The molecule has 3 rings (SSSR count). The first-order valence-corrected chi connectivity index (χ1v) is 8.56. The molecule has 1 aliphatic carbocycles. The molecular formula is C13H17N5OS2. The molecule has 0 spiro atoms. The summed E-state index contributed by atoms with van der Waals surface area (Å²) in [6, 6.07) is -0.231. The molecule has 0 aliphatic heterocycles. The molecule has 0 bridgehead atoms. The van der Waals surface area contributed by atoms with E-state index in [1.165, 1.54) is 21.9 Å². The molecule has 2 N–H and O–H groups in total. The standard InChI is InChI=1S/C13H17N5OS2/c1-7-15-11-9(4-3-5-10(11)20-7)6-14-12(19)16-13-18-17-8(2)21-13/h9H,3-6H2,1-2H3,(H2,14,16,18,19)/t9-/m1/s1. The lowest BCUT2D eigenvalue weighted by Gasteiger charge is -2.21. The largest absolute Gasteiger partial charge is 0.337 e. The number of aryl methyl sites for hydroxylation is 3. The van der Waals surface area contributed by atoms with Gasteiger partial charge in [0.05, 0.1) is 10.7 Å². The maximum atomic E-state index is 11.9. The number of anilines is 1. The molecule has 1 atom stereocenters. The summed E-state index contributed by atoms with van der Waals surface area (Å²) in [7, 11) is 0. The fourth-order valence-electron chi connectivity index (χ4n) is 2.53. The van der Waals surface area contributed by atoms with Crippen molar-refractivity contribution in [3.8, 4) is 0 Å². The minimum absolute atomic E-state index is 0.231. The van der Waals surface area contributed by atoms with Gasteiger partial charge in [0.25, 0.3) is 0 Å². The average Bonchev–Trinajstić information content (AvgIpc) is 3.01. The van der Waals surface area contributed by atoms with E-state index in [0.29, 0.717) is 17.6 Å². The van der Waals surface area contributed by atoms with Gasteiger partial charge in [-0.2, -0.15) is 0 Å². The minimum atomic E-state index is -0.231. The van der Waals surface area contributed by atoms with Gasteiger partial charge in [-0.1, -0.05) is 11.3 Å². The Morgan fingerprint density at radius 1 is 1.29 bits per heavy atom. The normalized spacial score (nSPS) is 17.3. The van der Waals surface area contributed by atoms with Gasteiger partial charge in [0, 0.05) is 17.3 Å². The summed E-state index contributed by atoms with van der Waals surface area (Å²) in [5.41, 5.74) is 1.18. The second-order valence-electron chi connectivity index (χ2n) is 5.09. The third kappa shape index (κ3) is 3.38. The van der Waals surface area contributed by atoms with Gasteiger partial charge in [-0.25, -0.2) is 9.78 Å². The first kappa shape index (κ1) is 14.4. The van der Waals surface area contributed by atoms with Crippen molar-refractivity contribution in [3.05, 3.63) is 20.6 Å². The quantitative estimate of drug-likeness (QED) is 0.910. The zero-order valence-corrected chi connectivity index (χ0v) is 13.6. The van der Waals surface area contributed by atoms with Crippen LogP contribution in [0.2, 0.25) is 0 Å². The van der Waals surface area contributed by atoms with Crippen molar-refractivity contribution in [2.75, 3.05) is 11.9 Å². The summed E-state index contributed by atoms with van der Waals surface area (Å²) in [6.07, 6.45) is 3.36. The summed E-state index contributed by atoms with van der Waals surface area (Å²) in [6.45, 7) is 4.51. The van der Waals surface area contributed by atoms with E-state index in [4.69, 9.17) is 0 Å². The van der Waals surface area contributed by atoms with Crippen LogP contribution >= 0.6 is 22.7 Å². The molecule has 0 fully saturated rings. The maximum absolute atomic E-state index is 11.9. The number of urea groups is 1. The van der Waals surface area contributed by atoms with Crippen molar-refractivity contribution < 1.29 is 4.79 Å². The van der Waals surface area contributed by atoms with Crippen LogP contribution in [0.4, 0.5) is 9.93 Å². The van der Waals surface area contributed by atoms with Crippen LogP contribution in [-0.2, 0) is 6.42 Å². The number of hydrogen-bond donors (Lipinski definition) is 2. The molecule has 8 heteroatoms. The summed E-state index contributed by atoms with van der Waals surface area (Å²) in [5, 5.41) is 15.8.